The Labute approximate surface area is 244 Å². The van der Waals surface area contributed by atoms with Crippen molar-refractivity contribution < 1.29 is 27.5 Å². The van der Waals surface area contributed by atoms with Gasteiger partial charge in [0.25, 0.3) is 5.91 Å². The second kappa shape index (κ2) is 10.5. The largest absolute Gasteiger partial charge is 0.465 e. The van der Waals surface area contributed by atoms with Crippen molar-refractivity contribution in [1.29, 1.82) is 0 Å². The highest BCUT2D eigenvalue weighted by Gasteiger charge is 2.34. The van der Waals surface area contributed by atoms with Crippen LogP contribution in [0, 0.1) is 13.8 Å². The number of morpholine rings is 1. The third kappa shape index (κ3) is 4.55. The first-order chi connectivity index (χ1) is 19.6. The van der Waals surface area contributed by atoms with Gasteiger partial charge in [-0.25, -0.2) is 13.2 Å². The fraction of sp³-hybridized carbons (Fsp3) is 0.400. The number of nitrogens with zero attached hydrogens (tertiary/aromatic N) is 3. The zero-order chi connectivity index (χ0) is 29.1. The van der Waals surface area contributed by atoms with Gasteiger partial charge < -0.3 is 18.9 Å². The van der Waals surface area contributed by atoms with Crippen molar-refractivity contribution in [3.8, 4) is 5.00 Å². The Hall–Kier alpha value is -3.25. The Morgan fingerprint density at radius 1 is 1.10 bits per heavy atom. The maximum atomic E-state index is 13.4. The van der Waals surface area contributed by atoms with E-state index < -0.39 is 10.0 Å². The van der Waals surface area contributed by atoms with Crippen LogP contribution in [0.5, 0.6) is 0 Å². The van der Waals surface area contributed by atoms with E-state index in [1.165, 1.54) is 16.3 Å². The summed E-state index contributed by atoms with van der Waals surface area (Å²) in [6.07, 6.45) is 5.80. The Morgan fingerprint density at radius 2 is 1.83 bits per heavy atom. The molecule has 3 aromatic rings. The van der Waals surface area contributed by atoms with E-state index in [1.807, 2.05) is 26.0 Å². The minimum Gasteiger partial charge on any atom is -0.465 e. The molecule has 0 atom stereocenters. The van der Waals surface area contributed by atoms with Crippen LogP contribution in [0.2, 0.25) is 0 Å². The minimum atomic E-state index is -3.73. The van der Waals surface area contributed by atoms with Crippen molar-refractivity contribution in [2.24, 2.45) is 0 Å². The van der Waals surface area contributed by atoms with Crippen LogP contribution < -0.4 is 4.90 Å². The van der Waals surface area contributed by atoms with E-state index in [2.05, 4.69) is 4.57 Å². The standard InChI is InChI=1S/C30H33N3O6S2/c1-18-15-20(19(2)33(18)29-27(30(35)38-4)22-7-5-6-8-26(22)40-29)16-24-23-17-21(9-10-25(23)31(3)28(24)34)41(36,37)32-11-13-39-14-12-32/h9-10,15-17H,5-8,11-14H2,1-4H3. The number of anilines is 1. The second-order valence-corrected chi connectivity index (χ2v) is 13.7. The van der Waals surface area contributed by atoms with Crippen LogP contribution in [0.4, 0.5) is 5.69 Å². The van der Waals surface area contributed by atoms with Gasteiger partial charge in [-0.2, -0.15) is 4.31 Å². The van der Waals surface area contributed by atoms with Gasteiger partial charge in [-0.05, 0) is 81.0 Å². The molecule has 2 aromatic heterocycles. The van der Waals surface area contributed by atoms with E-state index in [1.54, 1.807) is 41.5 Å². The van der Waals surface area contributed by atoms with E-state index >= 15 is 0 Å². The summed E-state index contributed by atoms with van der Waals surface area (Å²) in [6, 6.07) is 6.87. The van der Waals surface area contributed by atoms with Crippen molar-refractivity contribution in [3.63, 3.8) is 0 Å². The highest BCUT2D eigenvalue weighted by molar-refractivity contribution is 7.89. The average molecular weight is 596 g/mol. The van der Waals surface area contributed by atoms with Gasteiger partial charge in [-0.1, -0.05) is 0 Å². The molecule has 0 bridgehead atoms. The third-order valence-corrected chi connectivity index (χ3v) is 11.4. The second-order valence-electron chi connectivity index (χ2n) is 10.7. The van der Waals surface area contributed by atoms with E-state index in [9.17, 15) is 18.0 Å². The fourth-order valence-corrected chi connectivity index (χ4v) is 9.01. The van der Waals surface area contributed by atoms with Crippen molar-refractivity contribution >= 4 is 50.6 Å². The predicted octanol–water partition coefficient (Wildman–Crippen LogP) is 4.36. The van der Waals surface area contributed by atoms with Crippen molar-refractivity contribution in [1.82, 2.24) is 8.87 Å². The first kappa shape index (κ1) is 27.9. The molecule has 1 saturated heterocycles. The van der Waals surface area contributed by atoms with Gasteiger partial charge in [-0.3, -0.25) is 4.79 Å². The molecular weight excluding hydrogens is 562 g/mol. The number of aryl methyl sites for hydroxylation is 2. The number of ether oxygens (including phenoxy) is 2. The quantitative estimate of drug-likeness (QED) is 0.321. The maximum Gasteiger partial charge on any atom is 0.341 e. The SMILES string of the molecule is COC(=O)c1c(-n2c(C)cc(C=C3C(=O)N(C)c4ccc(S(=O)(=O)N5CCOCC5)cc43)c2C)sc2c1CCCC2. The first-order valence-corrected chi connectivity index (χ1v) is 16.0. The molecule has 1 aromatic carbocycles. The van der Waals surface area contributed by atoms with Crippen LogP contribution in [0.1, 0.15) is 56.2 Å². The van der Waals surface area contributed by atoms with Gasteiger partial charge in [0.05, 0.1) is 36.5 Å². The van der Waals surface area contributed by atoms with Gasteiger partial charge >= 0.3 is 5.97 Å². The smallest absolute Gasteiger partial charge is 0.341 e. The summed E-state index contributed by atoms with van der Waals surface area (Å²) in [5, 5.41) is 0.845. The lowest BCUT2D eigenvalue weighted by Gasteiger charge is -2.26. The molecule has 0 radical (unpaired) electrons. The molecule has 2 aliphatic heterocycles. The lowest BCUT2D eigenvalue weighted by atomic mass is 9.95. The molecule has 1 fully saturated rings. The number of aromatic nitrogens is 1. The van der Waals surface area contributed by atoms with E-state index in [0.717, 1.165) is 53.2 Å². The molecule has 1 amide bonds. The molecule has 41 heavy (non-hydrogen) atoms. The third-order valence-electron chi connectivity index (χ3n) is 8.28. The van der Waals surface area contributed by atoms with Gasteiger partial charge in [0.2, 0.25) is 10.0 Å². The molecule has 0 N–H and O–H groups in total. The number of benzene rings is 1. The minimum absolute atomic E-state index is 0.157. The van der Waals surface area contributed by atoms with Gasteiger partial charge in [0.1, 0.15) is 5.00 Å². The highest BCUT2D eigenvalue weighted by atomic mass is 32.2. The lowest BCUT2D eigenvalue weighted by molar-refractivity contribution is -0.112. The van der Waals surface area contributed by atoms with Crippen LogP contribution in [0.15, 0.2) is 29.2 Å². The maximum absolute atomic E-state index is 13.4. The van der Waals surface area contributed by atoms with Crippen LogP contribution >= 0.6 is 11.3 Å². The summed E-state index contributed by atoms with van der Waals surface area (Å²) in [7, 11) is -0.620. The molecule has 11 heteroatoms. The average Bonchev–Trinajstić information content (AvgIpc) is 3.57. The summed E-state index contributed by atoms with van der Waals surface area (Å²) in [5.41, 5.74) is 6.05. The summed E-state index contributed by atoms with van der Waals surface area (Å²) in [5.74, 6) is -0.533. The molecule has 0 saturated carbocycles. The van der Waals surface area contributed by atoms with Crippen LogP contribution in [0.3, 0.4) is 0 Å². The Morgan fingerprint density at radius 3 is 2.56 bits per heavy atom. The van der Waals surface area contributed by atoms with Crippen molar-refractivity contribution in [2.45, 2.75) is 44.4 Å². The van der Waals surface area contributed by atoms with Gasteiger partial charge in [0.15, 0.2) is 0 Å². The molecule has 9 nitrogen and oxygen atoms in total. The Balaban J connectivity index is 1.45. The van der Waals surface area contributed by atoms with E-state index in [-0.39, 0.29) is 16.8 Å². The summed E-state index contributed by atoms with van der Waals surface area (Å²) in [6.45, 7) is 5.27. The van der Waals surface area contributed by atoms with Crippen molar-refractivity contribution in [2.75, 3.05) is 45.4 Å². The molecule has 3 aliphatic rings. The van der Waals surface area contributed by atoms with Crippen LogP contribution in [0.25, 0.3) is 16.7 Å². The van der Waals surface area contributed by atoms with E-state index in [4.69, 9.17) is 9.47 Å². The van der Waals surface area contributed by atoms with Crippen LogP contribution in [-0.2, 0) is 37.1 Å². The zero-order valence-corrected chi connectivity index (χ0v) is 25.3. The molecular formula is C30H33N3O6S2. The number of methoxy groups -OCH3 is 1. The van der Waals surface area contributed by atoms with Gasteiger partial charge in [-0.15, -0.1) is 11.3 Å². The topological polar surface area (TPSA) is 98.2 Å². The lowest BCUT2D eigenvalue weighted by Crippen LogP contribution is -2.40. The number of hydrogen-bond acceptors (Lipinski definition) is 7. The first-order valence-electron chi connectivity index (χ1n) is 13.8. The number of hydrogen-bond donors (Lipinski definition) is 0. The molecule has 6 rings (SSSR count). The molecule has 4 heterocycles. The number of thiophene rings is 1. The predicted molar refractivity (Wildman–Crippen MR) is 158 cm³/mol. The number of esters is 1. The molecule has 0 spiro atoms. The number of carbonyl (C=O) groups excluding carboxylic acids is 2. The number of likely N-dealkylation sites (N-methyl/N-ethyl adjacent to an activating group) is 1. The monoisotopic (exact) mass is 595 g/mol. The molecule has 0 unspecified atom stereocenters. The van der Waals surface area contributed by atoms with Gasteiger partial charge in [0, 0.05) is 47.5 Å². The normalized spacial score (nSPS) is 18.6. The fourth-order valence-electron chi connectivity index (χ4n) is 6.09. The summed E-state index contributed by atoms with van der Waals surface area (Å²) in [4.78, 5) is 29.3. The number of sulfonamides is 1. The number of carbonyl (C=O) groups is 2. The molecule has 216 valence electrons. The number of amides is 1. The highest BCUT2D eigenvalue weighted by Crippen LogP contribution is 2.42. The Bertz CT molecular complexity index is 1710. The van der Waals surface area contributed by atoms with E-state index in [0.29, 0.717) is 48.7 Å². The Kier molecular flexibility index (Phi) is 7.17. The number of fused-ring (bicyclic) bond motifs is 2. The zero-order valence-electron chi connectivity index (χ0n) is 23.7. The van der Waals surface area contributed by atoms with Crippen molar-refractivity contribution in [3.05, 3.63) is 62.8 Å². The summed E-state index contributed by atoms with van der Waals surface area (Å²) >= 11 is 1.64. The summed E-state index contributed by atoms with van der Waals surface area (Å²) < 4.78 is 40.8. The molecule has 1 aliphatic carbocycles. The van der Waals surface area contributed by atoms with Crippen LogP contribution in [-0.4, -0.2) is 69.6 Å². The number of rotatable bonds is 5.